The minimum Gasteiger partial charge on any atom is -0.339 e. The normalized spacial score (nSPS) is 10.1. The molecule has 7 nitrogen and oxygen atoms in total. The molecule has 2 heterocycles. The van der Waals surface area contributed by atoms with Gasteiger partial charge in [-0.05, 0) is 0 Å². The average Bonchev–Trinajstić information content (AvgIpc) is 2.54. The van der Waals surface area contributed by atoms with Gasteiger partial charge >= 0.3 is 0 Å². The first-order chi connectivity index (χ1) is 5.86. The molecule has 2 aromatic heterocycles. The molecule has 60 valence electrons. The van der Waals surface area contributed by atoms with Crippen molar-refractivity contribution in [2.75, 3.05) is 0 Å². The Balaban J connectivity index is 2.45. The van der Waals surface area contributed by atoms with E-state index in [0.29, 0.717) is 11.7 Å². The number of aryl methyl sites for hydroxylation is 1. The van der Waals surface area contributed by atoms with Crippen LogP contribution in [0.1, 0.15) is 5.89 Å². The lowest BCUT2D eigenvalue weighted by Crippen LogP contribution is -1.94. The first-order valence-corrected chi connectivity index (χ1v) is 3.17. The fraction of sp³-hybridized carbons (Fsp3) is 0.200. The SMILES string of the molecule is Cc1nc(-c2nncnn2)no1. The molecule has 0 aliphatic carbocycles. The smallest absolute Gasteiger partial charge is 0.244 e. The van der Waals surface area contributed by atoms with Crippen molar-refractivity contribution in [1.29, 1.82) is 0 Å². The van der Waals surface area contributed by atoms with E-state index in [-0.39, 0.29) is 5.82 Å². The Morgan fingerprint density at radius 1 is 1.17 bits per heavy atom. The second kappa shape index (κ2) is 2.61. The van der Waals surface area contributed by atoms with Crippen molar-refractivity contribution in [3.63, 3.8) is 0 Å². The highest BCUT2D eigenvalue weighted by atomic mass is 16.5. The zero-order valence-corrected chi connectivity index (χ0v) is 6.17. The molecule has 2 aromatic rings. The summed E-state index contributed by atoms with van der Waals surface area (Å²) in [4.78, 5) is 3.90. The van der Waals surface area contributed by atoms with E-state index >= 15 is 0 Å². The number of rotatable bonds is 1. The Morgan fingerprint density at radius 3 is 2.50 bits per heavy atom. The van der Waals surface area contributed by atoms with Gasteiger partial charge in [0.05, 0.1) is 0 Å². The number of nitrogens with zero attached hydrogens (tertiary/aromatic N) is 6. The van der Waals surface area contributed by atoms with E-state index in [4.69, 9.17) is 4.52 Å². The van der Waals surface area contributed by atoms with E-state index in [1.54, 1.807) is 6.92 Å². The number of hydrogen-bond donors (Lipinski definition) is 0. The molecule has 0 radical (unpaired) electrons. The quantitative estimate of drug-likeness (QED) is 0.567. The Hall–Kier alpha value is -1.92. The molecule has 2 rings (SSSR count). The van der Waals surface area contributed by atoms with Crippen molar-refractivity contribution in [2.24, 2.45) is 0 Å². The van der Waals surface area contributed by atoms with Crippen molar-refractivity contribution in [1.82, 2.24) is 30.5 Å². The van der Waals surface area contributed by atoms with Gasteiger partial charge in [-0.3, -0.25) is 0 Å². The maximum Gasteiger partial charge on any atom is 0.244 e. The van der Waals surface area contributed by atoms with E-state index in [1.807, 2.05) is 0 Å². The first kappa shape index (κ1) is 6.77. The van der Waals surface area contributed by atoms with Crippen molar-refractivity contribution >= 4 is 0 Å². The standard InChI is InChI=1S/C5H4N6O/c1-3-8-4(11-12-3)5-9-6-2-7-10-5/h2H,1H3. The summed E-state index contributed by atoms with van der Waals surface area (Å²) in [5, 5.41) is 18.0. The largest absolute Gasteiger partial charge is 0.339 e. The molecule has 0 aliphatic heterocycles. The Bertz CT molecular complexity index is 370. The van der Waals surface area contributed by atoms with Crippen LogP contribution in [0.25, 0.3) is 11.6 Å². The van der Waals surface area contributed by atoms with Gasteiger partial charge in [-0.2, -0.15) is 4.98 Å². The summed E-state index contributed by atoms with van der Waals surface area (Å²) in [6, 6.07) is 0. The second-order valence-corrected chi connectivity index (χ2v) is 2.01. The van der Waals surface area contributed by atoms with Crippen LogP contribution in [0.4, 0.5) is 0 Å². The molecule has 0 fully saturated rings. The summed E-state index contributed by atoms with van der Waals surface area (Å²) in [5.41, 5.74) is 0. The molecule has 0 N–H and O–H groups in total. The van der Waals surface area contributed by atoms with E-state index in [0.717, 1.165) is 0 Å². The van der Waals surface area contributed by atoms with Gasteiger partial charge in [0.1, 0.15) is 0 Å². The Kier molecular flexibility index (Phi) is 1.47. The minimum absolute atomic E-state index is 0.259. The Labute approximate surface area is 66.9 Å². The lowest BCUT2D eigenvalue weighted by Gasteiger charge is -1.84. The fourth-order valence-corrected chi connectivity index (χ4v) is 0.684. The van der Waals surface area contributed by atoms with E-state index < -0.39 is 0 Å². The van der Waals surface area contributed by atoms with Gasteiger partial charge in [0.25, 0.3) is 0 Å². The lowest BCUT2D eigenvalue weighted by atomic mass is 10.6. The van der Waals surface area contributed by atoms with Crippen LogP contribution in [0.3, 0.4) is 0 Å². The van der Waals surface area contributed by atoms with Crippen LogP contribution in [-0.2, 0) is 0 Å². The van der Waals surface area contributed by atoms with Crippen LogP contribution >= 0.6 is 0 Å². The monoisotopic (exact) mass is 164 g/mol. The molecule has 0 unspecified atom stereocenters. The van der Waals surface area contributed by atoms with Crippen LogP contribution in [0.15, 0.2) is 10.9 Å². The summed E-state index contributed by atoms with van der Waals surface area (Å²) < 4.78 is 4.72. The van der Waals surface area contributed by atoms with Crippen LogP contribution in [0, 0.1) is 6.92 Å². The Morgan fingerprint density at radius 2 is 1.92 bits per heavy atom. The molecular weight excluding hydrogens is 160 g/mol. The molecular formula is C5H4N6O. The first-order valence-electron chi connectivity index (χ1n) is 3.17. The highest BCUT2D eigenvalue weighted by molar-refractivity contribution is 5.38. The highest BCUT2D eigenvalue weighted by Gasteiger charge is 2.08. The van der Waals surface area contributed by atoms with Crippen molar-refractivity contribution in [2.45, 2.75) is 6.92 Å². The molecule has 0 spiro atoms. The van der Waals surface area contributed by atoms with Crippen LogP contribution in [0.2, 0.25) is 0 Å². The van der Waals surface area contributed by atoms with Gasteiger partial charge in [-0.1, -0.05) is 5.16 Å². The van der Waals surface area contributed by atoms with Crippen molar-refractivity contribution in [3.05, 3.63) is 12.2 Å². The lowest BCUT2D eigenvalue weighted by molar-refractivity contribution is 0.394. The third-order valence-corrected chi connectivity index (χ3v) is 1.14. The zero-order valence-electron chi connectivity index (χ0n) is 6.17. The number of hydrogen-bond acceptors (Lipinski definition) is 7. The van der Waals surface area contributed by atoms with E-state index in [2.05, 4.69) is 30.5 Å². The van der Waals surface area contributed by atoms with Crippen LogP contribution < -0.4 is 0 Å². The molecule has 0 saturated carbocycles. The number of aromatic nitrogens is 6. The molecule has 0 bridgehead atoms. The maximum atomic E-state index is 4.72. The second-order valence-electron chi connectivity index (χ2n) is 2.01. The highest BCUT2D eigenvalue weighted by Crippen LogP contribution is 2.05. The average molecular weight is 164 g/mol. The van der Waals surface area contributed by atoms with Gasteiger partial charge in [-0.25, -0.2) is 0 Å². The third kappa shape index (κ3) is 1.11. The molecule has 7 heteroatoms. The predicted molar refractivity (Wildman–Crippen MR) is 35.7 cm³/mol. The van der Waals surface area contributed by atoms with Gasteiger partial charge < -0.3 is 4.52 Å². The molecule has 0 amide bonds. The summed E-state index contributed by atoms with van der Waals surface area (Å²) in [6.45, 7) is 1.68. The van der Waals surface area contributed by atoms with Crippen molar-refractivity contribution in [3.8, 4) is 11.6 Å². The van der Waals surface area contributed by atoms with E-state index in [1.165, 1.54) is 6.33 Å². The predicted octanol–water partition coefficient (Wildman–Crippen LogP) is -0.375. The topological polar surface area (TPSA) is 90.5 Å². The third-order valence-electron chi connectivity index (χ3n) is 1.14. The van der Waals surface area contributed by atoms with Crippen molar-refractivity contribution < 1.29 is 4.52 Å². The molecule has 0 atom stereocenters. The fourth-order valence-electron chi connectivity index (χ4n) is 0.684. The summed E-state index contributed by atoms with van der Waals surface area (Å²) in [7, 11) is 0. The molecule has 0 aromatic carbocycles. The zero-order chi connectivity index (χ0) is 8.39. The summed E-state index contributed by atoms with van der Waals surface area (Å²) >= 11 is 0. The molecule has 12 heavy (non-hydrogen) atoms. The van der Waals surface area contributed by atoms with Crippen LogP contribution in [-0.4, -0.2) is 30.5 Å². The summed E-state index contributed by atoms with van der Waals surface area (Å²) in [5.74, 6) is 1.01. The van der Waals surface area contributed by atoms with Gasteiger partial charge in [0, 0.05) is 6.92 Å². The minimum atomic E-state index is 0.259. The molecule has 0 aliphatic rings. The van der Waals surface area contributed by atoms with Crippen LogP contribution in [0.5, 0.6) is 0 Å². The van der Waals surface area contributed by atoms with Gasteiger partial charge in [0.2, 0.25) is 17.5 Å². The maximum absolute atomic E-state index is 4.72. The molecule has 0 saturated heterocycles. The van der Waals surface area contributed by atoms with Gasteiger partial charge in [0.15, 0.2) is 6.33 Å². The van der Waals surface area contributed by atoms with Gasteiger partial charge in [-0.15, -0.1) is 20.4 Å². The van der Waals surface area contributed by atoms with E-state index in [9.17, 15) is 0 Å². The summed E-state index contributed by atoms with van der Waals surface area (Å²) in [6.07, 6.45) is 1.23.